The summed E-state index contributed by atoms with van der Waals surface area (Å²) in [6.07, 6.45) is 0.848. The van der Waals surface area contributed by atoms with Crippen molar-refractivity contribution in [2.75, 3.05) is 7.11 Å². The average molecular weight is 427 g/mol. The van der Waals surface area contributed by atoms with Gasteiger partial charge in [0.1, 0.15) is 5.75 Å². The number of aryl methyl sites for hydroxylation is 1. The molecule has 0 aliphatic heterocycles. The van der Waals surface area contributed by atoms with Crippen molar-refractivity contribution in [3.8, 4) is 17.0 Å². The molecule has 0 aliphatic carbocycles. The van der Waals surface area contributed by atoms with Crippen LogP contribution < -0.4 is 10.5 Å². The molecule has 27 heavy (non-hydrogen) atoms. The summed E-state index contributed by atoms with van der Waals surface area (Å²) in [7, 11) is 1.66. The summed E-state index contributed by atoms with van der Waals surface area (Å²) in [6, 6.07) is 16.2. The fraction of sp³-hybridized carbons (Fsp3) is 0.227. The van der Waals surface area contributed by atoms with Gasteiger partial charge in [0.25, 0.3) is 5.91 Å². The Morgan fingerprint density at radius 3 is 2.26 bits per heavy atom. The van der Waals surface area contributed by atoms with Crippen molar-refractivity contribution in [3.63, 3.8) is 0 Å². The number of methoxy groups -OCH3 is 1. The monoisotopic (exact) mass is 426 g/mol. The first-order valence-electron chi connectivity index (χ1n) is 8.80. The lowest BCUT2D eigenvalue weighted by Gasteiger charge is -2.13. The molecule has 0 atom stereocenters. The third-order valence-electron chi connectivity index (χ3n) is 4.91. The molecule has 0 spiro atoms. The van der Waals surface area contributed by atoms with E-state index in [1.165, 1.54) is 5.56 Å². The van der Waals surface area contributed by atoms with E-state index in [-0.39, 0.29) is 5.91 Å². The number of hydrogen-bond acceptors (Lipinski definition) is 2. The van der Waals surface area contributed by atoms with Crippen LogP contribution in [0.3, 0.4) is 0 Å². The standard InChI is InChI=1S/C22H23BrN2O2/c1-14-20(22(24)26)15(2)25(21(14)17-6-8-18(23)9-7-17)13-12-16-4-10-19(27-3)11-5-16/h4-11H,12-13H2,1-3H3,(H2,24,26). The number of halogens is 1. The van der Waals surface area contributed by atoms with E-state index in [9.17, 15) is 4.79 Å². The third-order valence-corrected chi connectivity index (χ3v) is 5.44. The van der Waals surface area contributed by atoms with Gasteiger partial charge >= 0.3 is 0 Å². The second kappa shape index (κ2) is 8.01. The zero-order valence-electron chi connectivity index (χ0n) is 15.8. The molecule has 1 heterocycles. The highest BCUT2D eigenvalue weighted by Gasteiger charge is 2.21. The van der Waals surface area contributed by atoms with Gasteiger partial charge in [-0.3, -0.25) is 4.79 Å². The fourth-order valence-corrected chi connectivity index (χ4v) is 3.82. The number of hydrogen-bond donors (Lipinski definition) is 1. The van der Waals surface area contributed by atoms with Crippen LogP contribution in [0.5, 0.6) is 5.75 Å². The van der Waals surface area contributed by atoms with Gasteiger partial charge in [-0.2, -0.15) is 0 Å². The summed E-state index contributed by atoms with van der Waals surface area (Å²) >= 11 is 3.48. The molecule has 140 valence electrons. The van der Waals surface area contributed by atoms with Gasteiger partial charge in [-0.15, -0.1) is 0 Å². The van der Waals surface area contributed by atoms with Crippen LogP contribution in [0.15, 0.2) is 53.0 Å². The molecule has 4 nitrogen and oxygen atoms in total. The van der Waals surface area contributed by atoms with Gasteiger partial charge < -0.3 is 15.0 Å². The molecule has 0 fully saturated rings. The molecule has 2 N–H and O–H groups in total. The molecule has 1 aromatic heterocycles. The van der Waals surface area contributed by atoms with Crippen LogP contribution in [-0.4, -0.2) is 17.6 Å². The number of carbonyl (C=O) groups excluding carboxylic acids is 1. The molecule has 0 aliphatic rings. The lowest BCUT2D eigenvalue weighted by molar-refractivity contribution is 0.0999. The molecule has 0 radical (unpaired) electrons. The summed E-state index contributed by atoms with van der Waals surface area (Å²) in [5.74, 6) is 0.463. The topological polar surface area (TPSA) is 57.2 Å². The number of aromatic nitrogens is 1. The van der Waals surface area contributed by atoms with Gasteiger partial charge in [0, 0.05) is 16.7 Å². The Kier molecular flexibility index (Phi) is 5.71. The molecule has 0 saturated carbocycles. The first-order valence-corrected chi connectivity index (χ1v) is 9.60. The van der Waals surface area contributed by atoms with Crippen LogP contribution in [0.2, 0.25) is 0 Å². The largest absolute Gasteiger partial charge is 0.497 e. The van der Waals surface area contributed by atoms with Crippen LogP contribution in [0.4, 0.5) is 0 Å². The number of amides is 1. The van der Waals surface area contributed by atoms with E-state index in [1.54, 1.807) is 7.11 Å². The normalized spacial score (nSPS) is 10.8. The van der Waals surface area contributed by atoms with Crippen molar-refractivity contribution in [3.05, 3.63) is 75.4 Å². The number of ether oxygens (including phenoxy) is 1. The Balaban J connectivity index is 2.00. The minimum atomic E-state index is -0.383. The van der Waals surface area contributed by atoms with E-state index in [0.717, 1.165) is 45.7 Å². The van der Waals surface area contributed by atoms with Crippen molar-refractivity contribution >= 4 is 21.8 Å². The van der Waals surface area contributed by atoms with E-state index in [1.807, 2.05) is 38.1 Å². The maximum Gasteiger partial charge on any atom is 0.250 e. The maximum absolute atomic E-state index is 12.0. The second-order valence-corrected chi connectivity index (χ2v) is 7.47. The lowest BCUT2D eigenvalue weighted by atomic mass is 10.0. The molecule has 0 unspecified atom stereocenters. The highest BCUT2D eigenvalue weighted by Crippen LogP contribution is 2.32. The van der Waals surface area contributed by atoms with Crippen LogP contribution in [0.25, 0.3) is 11.3 Å². The van der Waals surface area contributed by atoms with Crippen molar-refractivity contribution < 1.29 is 9.53 Å². The molecule has 0 bridgehead atoms. The number of carbonyl (C=O) groups is 1. The smallest absolute Gasteiger partial charge is 0.250 e. The fourth-order valence-electron chi connectivity index (χ4n) is 3.55. The Morgan fingerprint density at radius 2 is 1.70 bits per heavy atom. The summed E-state index contributed by atoms with van der Waals surface area (Å²) < 4.78 is 8.44. The predicted octanol–water partition coefficient (Wildman–Crippen LogP) is 4.88. The Hall–Kier alpha value is -2.53. The van der Waals surface area contributed by atoms with Gasteiger partial charge in [0.15, 0.2) is 0 Å². The Morgan fingerprint density at radius 1 is 1.07 bits per heavy atom. The van der Waals surface area contributed by atoms with E-state index in [2.05, 4.69) is 44.8 Å². The summed E-state index contributed by atoms with van der Waals surface area (Å²) in [5, 5.41) is 0. The van der Waals surface area contributed by atoms with E-state index in [4.69, 9.17) is 10.5 Å². The number of nitrogens with zero attached hydrogens (tertiary/aromatic N) is 1. The predicted molar refractivity (Wildman–Crippen MR) is 112 cm³/mol. The third kappa shape index (κ3) is 3.93. The lowest BCUT2D eigenvalue weighted by Crippen LogP contribution is -2.13. The first-order chi connectivity index (χ1) is 12.9. The van der Waals surface area contributed by atoms with Crippen molar-refractivity contribution in [2.45, 2.75) is 26.8 Å². The zero-order valence-corrected chi connectivity index (χ0v) is 17.3. The number of primary amides is 1. The van der Waals surface area contributed by atoms with E-state index >= 15 is 0 Å². The zero-order chi connectivity index (χ0) is 19.6. The first kappa shape index (κ1) is 19.2. The maximum atomic E-state index is 12.0. The van der Waals surface area contributed by atoms with Gasteiger partial charge in [-0.1, -0.05) is 40.2 Å². The van der Waals surface area contributed by atoms with Gasteiger partial charge in [-0.05, 0) is 61.2 Å². The van der Waals surface area contributed by atoms with E-state index in [0.29, 0.717) is 5.56 Å². The molecular formula is C22H23BrN2O2. The van der Waals surface area contributed by atoms with Crippen molar-refractivity contribution in [1.82, 2.24) is 4.57 Å². The van der Waals surface area contributed by atoms with Crippen molar-refractivity contribution in [1.29, 1.82) is 0 Å². The molecular weight excluding hydrogens is 404 g/mol. The highest BCUT2D eigenvalue weighted by molar-refractivity contribution is 9.10. The molecule has 3 aromatic rings. The average Bonchev–Trinajstić information content (AvgIpc) is 2.91. The number of benzene rings is 2. The van der Waals surface area contributed by atoms with E-state index < -0.39 is 0 Å². The molecule has 0 saturated heterocycles. The number of rotatable bonds is 6. The molecule has 5 heteroatoms. The summed E-state index contributed by atoms with van der Waals surface area (Å²) in [5.41, 5.74) is 11.4. The van der Waals surface area contributed by atoms with Crippen LogP contribution in [-0.2, 0) is 13.0 Å². The highest BCUT2D eigenvalue weighted by atomic mass is 79.9. The van der Waals surface area contributed by atoms with Crippen LogP contribution in [0.1, 0.15) is 27.2 Å². The van der Waals surface area contributed by atoms with Crippen molar-refractivity contribution in [2.24, 2.45) is 5.73 Å². The Labute approximate surface area is 168 Å². The van der Waals surface area contributed by atoms with Crippen LogP contribution >= 0.6 is 15.9 Å². The van der Waals surface area contributed by atoms with Gasteiger partial charge in [0.2, 0.25) is 0 Å². The number of nitrogens with two attached hydrogens (primary N) is 1. The van der Waals surface area contributed by atoms with Crippen LogP contribution in [0, 0.1) is 13.8 Å². The second-order valence-electron chi connectivity index (χ2n) is 6.55. The van der Waals surface area contributed by atoms with Gasteiger partial charge in [0.05, 0.1) is 18.4 Å². The summed E-state index contributed by atoms with van der Waals surface area (Å²) in [4.78, 5) is 12.0. The Bertz CT molecular complexity index is 957. The minimum absolute atomic E-state index is 0.383. The SMILES string of the molecule is COc1ccc(CCn2c(C)c(C(N)=O)c(C)c2-c2ccc(Br)cc2)cc1. The van der Waals surface area contributed by atoms with Gasteiger partial charge in [-0.25, -0.2) is 0 Å². The minimum Gasteiger partial charge on any atom is -0.497 e. The molecule has 3 rings (SSSR count). The quantitative estimate of drug-likeness (QED) is 0.609. The molecule has 2 aromatic carbocycles. The summed E-state index contributed by atoms with van der Waals surface area (Å²) in [6.45, 7) is 4.69. The molecule has 1 amide bonds.